The summed E-state index contributed by atoms with van der Waals surface area (Å²) < 4.78 is 5.30. The van der Waals surface area contributed by atoms with E-state index in [-0.39, 0.29) is 17.4 Å². The average Bonchev–Trinajstić information content (AvgIpc) is 2.36. The van der Waals surface area contributed by atoms with Crippen LogP contribution in [0, 0.1) is 16.0 Å². The standard InChI is InChI=1S/C13H22N4O3/c1-5-7-10-15-12(14-8-9(3)4)11(17(18)19)13(16-10)20-6-2/h9H,5-8H2,1-4H3,(H,14,15,16). The van der Waals surface area contributed by atoms with Crippen LogP contribution in [0.5, 0.6) is 5.88 Å². The molecule has 0 aliphatic carbocycles. The number of ether oxygens (including phenoxy) is 1. The molecule has 0 bridgehead atoms. The zero-order chi connectivity index (χ0) is 15.1. The molecule has 112 valence electrons. The van der Waals surface area contributed by atoms with E-state index in [1.54, 1.807) is 6.92 Å². The molecule has 0 atom stereocenters. The average molecular weight is 282 g/mol. The Morgan fingerprint density at radius 3 is 2.55 bits per heavy atom. The van der Waals surface area contributed by atoms with Crippen molar-refractivity contribution in [3.05, 3.63) is 15.9 Å². The summed E-state index contributed by atoms with van der Waals surface area (Å²) in [5.41, 5.74) is -0.188. The molecule has 1 aromatic rings. The number of hydrogen-bond donors (Lipinski definition) is 1. The van der Waals surface area contributed by atoms with Gasteiger partial charge >= 0.3 is 5.69 Å². The van der Waals surface area contributed by atoms with Crippen LogP contribution in [-0.4, -0.2) is 28.0 Å². The van der Waals surface area contributed by atoms with E-state index < -0.39 is 4.92 Å². The number of nitro groups is 1. The van der Waals surface area contributed by atoms with E-state index in [0.717, 1.165) is 6.42 Å². The first kappa shape index (κ1) is 16.1. The van der Waals surface area contributed by atoms with Crippen LogP contribution in [0.15, 0.2) is 0 Å². The van der Waals surface area contributed by atoms with Crippen LogP contribution in [0.2, 0.25) is 0 Å². The van der Waals surface area contributed by atoms with Crippen molar-refractivity contribution < 1.29 is 9.66 Å². The molecule has 0 aliphatic heterocycles. The van der Waals surface area contributed by atoms with Gasteiger partial charge in [-0.05, 0) is 19.3 Å². The molecule has 0 aromatic carbocycles. The lowest BCUT2D eigenvalue weighted by Gasteiger charge is -2.12. The van der Waals surface area contributed by atoms with Crippen LogP contribution < -0.4 is 10.1 Å². The number of aryl methyl sites for hydroxylation is 1. The van der Waals surface area contributed by atoms with Gasteiger partial charge in [-0.25, -0.2) is 4.98 Å². The Morgan fingerprint density at radius 2 is 2.05 bits per heavy atom. The smallest absolute Gasteiger partial charge is 0.372 e. The van der Waals surface area contributed by atoms with Crippen LogP contribution in [-0.2, 0) is 6.42 Å². The number of hydrogen-bond acceptors (Lipinski definition) is 6. The predicted molar refractivity (Wildman–Crippen MR) is 77.2 cm³/mol. The molecule has 0 saturated carbocycles. The van der Waals surface area contributed by atoms with E-state index in [1.807, 2.05) is 20.8 Å². The third-order valence-corrected chi connectivity index (χ3v) is 2.51. The maximum Gasteiger partial charge on any atom is 0.372 e. The van der Waals surface area contributed by atoms with Crippen molar-refractivity contribution in [3.8, 4) is 5.88 Å². The molecule has 0 fully saturated rings. The quantitative estimate of drug-likeness (QED) is 0.582. The van der Waals surface area contributed by atoms with E-state index in [1.165, 1.54) is 0 Å². The van der Waals surface area contributed by atoms with Gasteiger partial charge in [-0.1, -0.05) is 20.8 Å². The van der Waals surface area contributed by atoms with Gasteiger partial charge in [0.05, 0.1) is 11.5 Å². The van der Waals surface area contributed by atoms with E-state index in [2.05, 4.69) is 15.3 Å². The Labute approximate surface area is 118 Å². The van der Waals surface area contributed by atoms with E-state index >= 15 is 0 Å². The first-order valence-corrected chi connectivity index (χ1v) is 6.91. The van der Waals surface area contributed by atoms with Gasteiger partial charge in [0.1, 0.15) is 5.82 Å². The fourth-order valence-electron chi connectivity index (χ4n) is 1.64. The molecule has 1 heterocycles. The Hall–Kier alpha value is -1.92. The van der Waals surface area contributed by atoms with Crippen molar-refractivity contribution in [2.24, 2.45) is 5.92 Å². The molecule has 0 spiro atoms. The number of nitrogens with one attached hydrogen (secondary N) is 1. The van der Waals surface area contributed by atoms with Gasteiger partial charge in [0.25, 0.3) is 5.88 Å². The van der Waals surface area contributed by atoms with Crippen molar-refractivity contribution in [1.82, 2.24) is 9.97 Å². The van der Waals surface area contributed by atoms with Gasteiger partial charge in [-0.15, -0.1) is 0 Å². The summed E-state index contributed by atoms with van der Waals surface area (Å²) in [6.45, 7) is 8.76. The third-order valence-electron chi connectivity index (χ3n) is 2.51. The molecule has 0 amide bonds. The molecule has 1 rings (SSSR count). The summed E-state index contributed by atoms with van der Waals surface area (Å²) in [5, 5.41) is 14.3. The monoisotopic (exact) mass is 282 g/mol. The number of anilines is 1. The zero-order valence-corrected chi connectivity index (χ0v) is 12.5. The minimum Gasteiger partial charge on any atom is -0.473 e. The summed E-state index contributed by atoms with van der Waals surface area (Å²) in [7, 11) is 0. The van der Waals surface area contributed by atoms with Crippen molar-refractivity contribution in [2.45, 2.75) is 40.5 Å². The highest BCUT2D eigenvalue weighted by molar-refractivity contribution is 5.61. The highest BCUT2D eigenvalue weighted by Crippen LogP contribution is 2.32. The van der Waals surface area contributed by atoms with Gasteiger partial charge in [-0.2, -0.15) is 4.98 Å². The first-order valence-electron chi connectivity index (χ1n) is 6.91. The molecule has 1 aromatic heterocycles. The highest BCUT2D eigenvalue weighted by atomic mass is 16.6. The van der Waals surface area contributed by atoms with Crippen molar-refractivity contribution in [2.75, 3.05) is 18.5 Å². The molecular formula is C13H22N4O3. The summed E-state index contributed by atoms with van der Waals surface area (Å²) in [5.74, 6) is 1.20. The SMILES string of the molecule is CCCc1nc(NCC(C)C)c([N+](=O)[O-])c(OCC)n1. The van der Waals surface area contributed by atoms with Crippen LogP contribution in [0.25, 0.3) is 0 Å². The topological polar surface area (TPSA) is 90.2 Å². The fraction of sp³-hybridized carbons (Fsp3) is 0.692. The maximum absolute atomic E-state index is 11.2. The minimum atomic E-state index is -0.497. The van der Waals surface area contributed by atoms with Crippen molar-refractivity contribution >= 4 is 11.5 Å². The second-order valence-corrected chi connectivity index (χ2v) is 4.86. The van der Waals surface area contributed by atoms with Crippen molar-refractivity contribution in [1.29, 1.82) is 0 Å². The lowest BCUT2D eigenvalue weighted by Crippen LogP contribution is -2.14. The molecule has 0 unspecified atom stereocenters. The number of nitrogens with zero attached hydrogens (tertiary/aromatic N) is 3. The van der Waals surface area contributed by atoms with Gasteiger partial charge in [0, 0.05) is 13.0 Å². The Morgan fingerprint density at radius 1 is 1.35 bits per heavy atom. The van der Waals surface area contributed by atoms with Crippen LogP contribution in [0.1, 0.15) is 39.9 Å². The number of rotatable bonds is 8. The fourth-order valence-corrected chi connectivity index (χ4v) is 1.64. The second kappa shape index (κ2) is 7.62. The molecule has 7 heteroatoms. The zero-order valence-electron chi connectivity index (χ0n) is 12.5. The van der Waals surface area contributed by atoms with Crippen LogP contribution in [0.3, 0.4) is 0 Å². The third kappa shape index (κ3) is 4.32. The molecule has 0 aliphatic rings. The van der Waals surface area contributed by atoms with E-state index in [0.29, 0.717) is 31.3 Å². The Balaban J connectivity index is 3.22. The van der Waals surface area contributed by atoms with E-state index in [9.17, 15) is 10.1 Å². The normalized spacial score (nSPS) is 10.7. The second-order valence-electron chi connectivity index (χ2n) is 4.86. The summed E-state index contributed by atoms with van der Waals surface area (Å²) in [6.07, 6.45) is 1.53. The molecule has 0 radical (unpaired) electrons. The first-order chi connectivity index (χ1) is 9.49. The molecular weight excluding hydrogens is 260 g/mol. The summed E-state index contributed by atoms with van der Waals surface area (Å²) >= 11 is 0. The molecule has 20 heavy (non-hydrogen) atoms. The van der Waals surface area contributed by atoms with Crippen LogP contribution >= 0.6 is 0 Å². The molecule has 1 N–H and O–H groups in total. The van der Waals surface area contributed by atoms with Gasteiger partial charge in [0.15, 0.2) is 0 Å². The van der Waals surface area contributed by atoms with Gasteiger partial charge in [0.2, 0.25) is 5.82 Å². The highest BCUT2D eigenvalue weighted by Gasteiger charge is 2.26. The van der Waals surface area contributed by atoms with Crippen molar-refractivity contribution in [3.63, 3.8) is 0 Å². The van der Waals surface area contributed by atoms with Gasteiger partial charge in [-0.3, -0.25) is 10.1 Å². The Bertz CT molecular complexity index is 463. The lowest BCUT2D eigenvalue weighted by molar-refractivity contribution is -0.385. The summed E-state index contributed by atoms with van der Waals surface area (Å²) in [4.78, 5) is 19.1. The predicted octanol–water partition coefficient (Wildman–Crippen LogP) is 2.80. The van der Waals surface area contributed by atoms with Crippen LogP contribution in [0.4, 0.5) is 11.5 Å². The van der Waals surface area contributed by atoms with Gasteiger partial charge < -0.3 is 10.1 Å². The lowest BCUT2D eigenvalue weighted by atomic mass is 10.2. The molecule has 0 saturated heterocycles. The number of aromatic nitrogens is 2. The minimum absolute atomic E-state index is 0.0437. The summed E-state index contributed by atoms with van der Waals surface area (Å²) in [6, 6.07) is 0. The largest absolute Gasteiger partial charge is 0.473 e. The molecule has 7 nitrogen and oxygen atoms in total. The van der Waals surface area contributed by atoms with E-state index in [4.69, 9.17) is 4.74 Å². The Kier molecular flexibility index (Phi) is 6.14. The maximum atomic E-state index is 11.2.